The standard InChI is InChI=1S/C20H23ClN2O4S/c1-26-18-9-8-14(21)12-17(18)23-20(25)16(10-11-28-2)22-19(24)13-27-15-6-4-3-5-7-15/h3-9,12,16H,10-11,13H2,1-2H3,(H,22,24)(H,23,25)/t16-/m1/s1. The monoisotopic (exact) mass is 422 g/mol. The number of hydrogen-bond donors (Lipinski definition) is 2. The van der Waals surface area contributed by atoms with Crippen molar-refractivity contribution < 1.29 is 19.1 Å². The van der Waals surface area contributed by atoms with E-state index in [-0.39, 0.29) is 18.4 Å². The molecule has 8 heteroatoms. The number of para-hydroxylation sites is 1. The van der Waals surface area contributed by atoms with Crippen molar-refractivity contribution in [3.8, 4) is 11.5 Å². The molecule has 6 nitrogen and oxygen atoms in total. The number of benzene rings is 2. The smallest absolute Gasteiger partial charge is 0.258 e. The number of nitrogens with one attached hydrogen (secondary N) is 2. The lowest BCUT2D eigenvalue weighted by Gasteiger charge is -2.19. The summed E-state index contributed by atoms with van der Waals surface area (Å²) >= 11 is 7.60. The zero-order valence-electron chi connectivity index (χ0n) is 15.7. The van der Waals surface area contributed by atoms with E-state index in [4.69, 9.17) is 21.1 Å². The Kier molecular flexibility index (Phi) is 8.97. The number of rotatable bonds is 10. The molecule has 150 valence electrons. The third-order valence-corrected chi connectivity index (χ3v) is 4.67. The van der Waals surface area contributed by atoms with E-state index in [9.17, 15) is 9.59 Å². The first-order valence-corrected chi connectivity index (χ1v) is 10.4. The lowest BCUT2D eigenvalue weighted by atomic mass is 10.2. The number of anilines is 1. The number of amides is 2. The van der Waals surface area contributed by atoms with Gasteiger partial charge >= 0.3 is 0 Å². The third-order valence-electron chi connectivity index (χ3n) is 3.79. The highest BCUT2D eigenvalue weighted by Gasteiger charge is 2.22. The van der Waals surface area contributed by atoms with E-state index in [0.29, 0.717) is 34.4 Å². The Morgan fingerprint density at radius 3 is 2.61 bits per heavy atom. The van der Waals surface area contributed by atoms with Gasteiger partial charge in [0.05, 0.1) is 12.8 Å². The van der Waals surface area contributed by atoms with Crippen molar-refractivity contribution in [3.63, 3.8) is 0 Å². The van der Waals surface area contributed by atoms with Gasteiger partial charge in [0.1, 0.15) is 17.5 Å². The molecule has 0 fully saturated rings. The number of ether oxygens (including phenoxy) is 2. The van der Waals surface area contributed by atoms with Crippen LogP contribution in [0.25, 0.3) is 0 Å². The van der Waals surface area contributed by atoms with Crippen molar-refractivity contribution in [1.82, 2.24) is 5.32 Å². The molecule has 0 aliphatic heterocycles. The molecule has 2 aromatic carbocycles. The van der Waals surface area contributed by atoms with Gasteiger partial charge in [-0.3, -0.25) is 9.59 Å². The summed E-state index contributed by atoms with van der Waals surface area (Å²) in [7, 11) is 1.51. The second-order valence-electron chi connectivity index (χ2n) is 5.84. The van der Waals surface area contributed by atoms with Crippen LogP contribution in [0.15, 0.2) is 48.5 Å². The fourth-order valence-electron chi connectivity index (χ4n) is 2.40. The van der Waals surface area contributed by atoms with Gasteiger partial charge in [-0.05, 0) is 48.8 Å². The molecule has 0 bridgehead atoms. The number of carbonyl (C=O) groups excluding carboxylic acids is 2. The van der Waals surface area contributed by atoms with Gasteiger partial charge in [0.2, 0.25) is 5.91 Å². The van der Waals surface area contributed by atoms with Gasteiger partial charge in [0, 0.05) is 5.02 Å². The van der Waals surface area contributed by atoms with Crippen LogP contribution in [0.5, 0.6) is 11.5 Å². The van der Waals surface area contributed by atoms with E-state index >= 15 is 0 Å². The topological polar surface area (TPSA) is 76.7 Å². The van der Waals surface area contributed by atoms with E-state index in [2.05, 4.69) is 10.6 Å². The Bertz CT molecular complexity index is 789. The molecule has 0 radical (unpaired) electrons. The van der Waals surface area contributed by atoms with Crippen LogP contribution in [-0.4, -0.2) is 43.6 Å². The molecule has 2 aromatic rings. The largest absolute Gasteiger partial charge is 0.495 e. The highest BCUT2D eigenvalue weighted by molar-refractivity contribution is 7.98. The summed E-state index contributed by atoms with van der Waals surface area (Å²) in [6.07, 6.45) is 2.42. The third kappa shape index (κ3) is 6.98. The van der Waals surface area contributed by atoms with Crippen molar-refractivity contribution in [3.05, 3.63) is 53.6 Å². The molecule has 2 rings (SSSR count). The van der Waals surface area contributed by atoms with E-state index in [0.717, 1.165) is 0 Å². The number of hydrogen-bond acceptors (Lipinski definition) is 5. The zero-order valence-corrected chi connectivity index (χ0v) is 17.3. The number of thioether (sulfide) groups is 1. The van der Waals surface area contributed by atoms with Crippen molar-refractivity contribution >= 4 is 40.9 Å². The van der Waals surface area contributed by atoms with Crippen LogP contribution < -0.4 is 20.1 Å². The van der Waals surface area contributed by atoms with Crippen LogP contribution in [-0.2, 0) is 9.59 Å². The van der Waals surface area contributed by atoms with E-state index in [1.807, 2.05) is 24.5 Å². The fraction of sp³-hybridized carbons (Fsp3) is 0.300. The zero-order chi connectivity index (χ0) is 20.4. The van der Waals surface area contributed by atoms with Crippen LogP contribution in [0.4, 0.5) is 5.69 Å². The molecule has 0 saturated heterocycles. The summed E-state index contributed by atoms with van der Waals surface area (Å²) in [6.45, 7) is -0.173. The first kappa shape index (κ1) is 21.9. The fourth-order valence-corrected chi connectivity index (χ4v) is 3.05. The maximum absolute atomic E-state index is 12.7. The lowest BCUT2D eigenvalue weighted by Crippen LogP contribution is -2.45. The minimum atomic E-state index is -0.706. The summed E-state index contributed by atoms with van der Waals surface area (Å²) < 4.78 is 10.7. The van der Waals surface area contributed by atoms with Gasteiger partial charge in [-0.1, -0.05) is 29.8 Å². The number of methoxy groups -OCH3 is 1. The molecule has 0 spiro atoms. The average molecular weight is 423 g/mol. The molecule has 0 heterocycles. The predicted molar refractivity (Wildman–Crippen MR) is 114 cm³/mol. The Balaban J connectivity index is 2.00. The highest BCUT2D eigenvalue weighted by Crippen LogP contribution is 2.27. The molecule has 2 amide bonds. The lowest BCUT2D eigenvalue weighted by molar-refractivity contribution is -0.127. The Morgan fingerprint density at radius 2 is 1.93 bits per heavy atom. The van der Waals surface area contributed by atoms with Crippen molar-refractivity contribution in [2.24, 2.45) is 0 Å². The second-order valence-corrected chi connectivity index (χ2v) is 7.26. The normalized spacial score (nSPS) is 11.4. The van der Waals surface area contributed by atoms with Gasteiger partial charge in [-0.2, -0.15) is 11.8 Å². The first-order chi connectivity index (χ1) is 13.5. The highest BCUT2D eigenvalue weighted by atomic mass is 35.5. The van der Waals surface area contributed by atoms with Crippen LogP contribution in [0.1, 0.15) is 6.42 Å². The van der Waals surface area contributed by atoms with Gasteiger partial charge in [0.15, 0.2) is 6.61 Å². The van der Waals surface area contributed by atoms with Crippen LogP contribution in [0.2, 0.25) is 5.02 Å². The van der Waals surface area contributed by atoms with Gasteiger partial charge < -0.3 is 20.1 Å². The van der Waals surface area contributed by atoms with Crippen LogP contribution in [0.3, 0.4) is 0 Å². The molecular weight excluding hydrogens is 400 g/mol. The Labute approximate surface area is 173 Å². The summed E-state index contributed by atoms with van der Waals surface area (Å²) in [5.74, 6) is 1.07. The molecule has 28 heavy (non-hydrogen) atoms. The summed E-state index contributed by atoms with van der Waals surface area (Å²) in [5, 5.41) is 5.98. The molecule has 0 aliphatic rings. The summed E-state index contributed by atoms with van der Waals surface area (Å²) in [5.41, 5.74) is 0.448. The van der Waals surface area contributed by atoms with Gasteiger partial charge in [0.25, 0.3) is 5.91 Å². The van der Waals surface area contributed by atoms with Gasteiger partial charge in [-0.25, -0.2) is 0 Å². The first-order valence-electron chi connectivity index (χ1n) is 8.64. The maximum Gasteiger partial charge on any atom is 0.258 e. The van der Waals surface area contributed by atoms with Crippen LogP contribution >= 0.6 is 23.4 Å². The molecule has 0 aliphatic carbocycles. The maximum atomic E-state index is 12.7. The number of carbonyl (C=O) groups is 2. The van der Waals surface area contributed by atoms with E-state index in [1.54, 1.807) is 42.1 Å². The van der Waals surface area contributed by atoms with Crippen LogP contribution in [0, 0.1) is 0 Å². The SMILES string of the molecule is COc1ccc(Cl)cc1NC(=O)[C@@H](CCSC)NC(=O)COc1ccccc1. The minimum absolute atomic E-state index is 0.173. The summed E-state index contributed by atoms with van der Waals surface area (Å²) in [6, 6.07) is 13.3. The molecule has 0 unspecified atom stereocenters. The summed E-state index contributed by atoms with van der Waals surface area (Å²) in [4.78, 5) is 25.0. The Hall–Kier alpha value is -2.38. The number of halogens is 1. The van der Waals surface area contributed by atoms with Crippen molar-refractivity contribution in [2.75, 3.05) is 31.0 Å². The molecule has 2 N–H and O–H groups in total. The molecule has 1 atom stereocenters. The minimum Gasteiger partial charge on any atom is -0.495 e. The Morgan fingerprint density at radius 1 is 1.18 bits per heavy atom. The average Bonchev–Trinajstić information content (AvgIpc) is 2.70. The van der Waals surface area contributed by atoms with E-state index < -0.39 is 6.04 Å². The molecule has 0 saturated carbocycles. The molecular formula is C20H23ClN2O4S. The van der Waals surface area contributed by atoms with Crippen molar-refractivity contribution in [1.29, 1.82) is 0 Å². The second kappa shape index (κ2) is 11.5. The van der Waals surface area contributed by atoms with E-state index in [1.165, 1.54) is 7.11 Å². The predicted octanol–water partition coefficient (Wildman–Crippen LogP) is 3.60. The quantitative estimate of drug-likeness (QED) is 0.611. The van der Waals surface area contributed by atoms with Crippen molar-refractivity contribution in [2.45, 2.75) is 12.5 Å². The molecule has 0 aromatic heterocycles. The van der Waals surface area contributed by atoms with Gasteiger partial charge in [-0.15, -0.1) is 0 Å².